The lowest BCUT2D eigenvalue weighted by atomic mass is 10.2. The maximum absolute atomic E-state index is 10.3. The first kappa shape index (κ1) is 23.2. The highest BCUT2D eigenvalue weighted by Gasteiger charge is 2.30. The summed E-state index contributed by atoms with van der Waals surface area (Å²) in [5.41, 5.74) is 1.15. The van der Waals surface area contributed by atoms with E-state index in [4.69, 9.17) is 4.74 Å². The van der Waals surface area contributed by atoms with E-state index in [1.165, 1.54) is 32.4 Å². The first-order chi connectivity index (χ1) is 13.2. The fraction of sp³-hybridized carbons (Fsp3) is 0.667. The number of nitrogens with zero attached hydrogens (tertiary/aromatic N) is 3. The molecule has 28 heavy (non-hydrogen) atoms. The predicted octanol–water partition coefficient (Wildman–Crippen LogP) is 2.49. The summed E-state index contributed by atoms with van der Waals surface area (Å²) in [6, 6.07) is 8.52. The molecule has 2 aliphatic rings. The molecule has 0 aliphatic carbocycles. The summed E-state index contributed by atoms with van der Waals surface area (Å²) in [5, 5.41) is 13.7. The largest absolute Gasteiger partial charge is 0.491 e. The maximum atomic E-state index is 10.3. The Morgan fingerprint density at radius 3 is 2.82 bits per heavy atom. The van der Waals surface area contributed by atoms with Gasteiger partial charge in [0.05, 0.1) is 6.54 Å². The molecule has 3 rings (SSSR count). The average Bonchev–Trinajstić information content (AvgIpc) is 3.35. The smallest absolute Gasteiger partial charge is 0.194 e. The van der Waals surface area contributed by atoms with Crippen LogP contribution in [0.15, 0.2) is 29.3 Å². The molecule has 0 saturated carbocycles. The molecule has 2 heterocycles. The summed E-state index contributed by atoms with van der Waals surface area (Å²) in [6.07, 6.45) is 3.25. The van der Waals surface area contributed by atoms with Crippen molar-refractivity contribution in [2.24, 2.45) is 4.99 Å². The van der Waals surface area contributed by atoms with Gasteiger partial charge in [0.25, 0.3) is 0 Å². The molecule has 2 fully saturated rings. The SMILES string of the molecule is CCNC(=NCC(O)COc1cccc(C)c1)N1CCC(N2CCCC2)C1.I. The van der Waals surface area contributed by atoms with E-state index in [-0.39, 0.29) is 30.6 Å². The Hall–Kier alpha value is -1.06. The minimum absolute atomic E-state index is 0. The predicted molar refractivity (Wildman–Crippen MR) is 125 cm³/mol. The van der Waals surface area contributed by atoms with Gasteiger partial charge < -0.3 is 20.1 Å². The van der Waals surface area contributed by atoms with Crippen molar-refractivity contribution in [1.29, 1.82) is 0 Å². The number of aliphatic hydroxyl groups excluding tert-OH is 1. The number of ether oxygens (including phenoxy) is 1. The van der Waals surface area contributed by atoms with Gasteiger partial charge in [-0.2, -0.15) is 0 Å². The molecule has 158 valence electrons. The molecule has 1 aromatic carbocycles. The van der Waals surface area contributed by atoms with E-state index in [2.05, 4.69) is 27.0 Å². The molecule has 0 bridgehead atoms. The fourth-order valence-electron chi connectivity index (χ4n) is 3.91. The van der Waals surface area contributed by atoms with Crippen LogP contribution in [-0.2, 0) is 0 Å². The van der Waals surface area contributed by atoms with Crippen LogP contribution >= 0.6 is 24.0 Å². The number of rotatable bonds is 7. The number of aliphatic hydroxyl groups is 1. The van der Waals surface area contributed by atoms with Crippen LogP contribution in [0.4, 0.5) is 0 Å². The third-order valence-electron chi connectivity index (χ3n) is 5.34. The molecule has 6 nitrogen and oxygen atoms in total. The lowest BCUT2D eigenvalue weighted by Gasteiger charge is -2.25. The van der Waals surface area contributed by atoms with E-state index in [9.17, 15) is 5.11 Å². The van der Waals surface area contributed by atoms with Gasteiger partial charge in [-0.05, 0) is 63.9 Å². The number of benzene rings is 1. The van der Waals surface area contributed by atoms with Crippen molar-refractivity contribution in [1.82, 2.24) is 15.1 Å². The molecule has 2 N–H and O–H groups in total. The Morgan fingerprint density at radius 1 is 1.32 bits per heavy atom. The fourth-order valence-corrected chi connectivity index (χ4v) is 3.91. The zero-order chi connectivity index (χ0) is 19.1. The first-order valence-corrected chi connectivity index (χ1v) is 10.3. The minimum atomic E-state index is -0.615. The zero-order valence-corrected chi connectivity index (χ0v) is 19.5. The lowest BCUT2D eigenvalue weighted by Crippen LogP contribution is -2.43. The van der Waals surface area contributed by atoms with Gasteiger partial charge in [0.2, 0.25) is 0 Å². The van der Waals surface area contributed by atoms with E-state index >= 15 is 0 Å². The van der Waals surface area contributed by atoms with E-state index in [0.29, 0.717) is 12.6 Å². The van der Waals surface area contributed by atoms with Gasteiger partial charge in [-0.1, -0.05) is 12.1 Å². The molecule has 0 spiro atoms. The number of halogens is 1. The highest BCUT2D eigenvalue weighted by atomic mass is 127. The molecule has 7 heteroatoms. The number of aryl methyl sites for hydroxylation is 1. The lowest BCUT2D eigenvalue weighted by molar-refractivity contribution is 0.114. The summed E-state index contributed by atoms with van der Waals surface area (Å²) in [5.74, 6) is 1.70. The average molecular weight is 502 g/mol. The minimum Gasteiger partial charge on any atom is -0.491 e. The number of hydrogen-bond donors (Lipinski definition) is 2. The second kappa shape index (κ2) is 11.8. The monoisotopic (exact) mass is 502 g/mol. The summed E-state index contributed by atoms with van der Waals surface area (Å²) in [4.78, 5) is 9.62. The van der Waals surface area contributed by atoms with Crippen LogP contribution in [0.25, 0.3) is 0 Å². The van der Waals surface area contributed by atoms with Crippen LogP contribution in [0.3, 0.4) is 0 Å². The van der Waals surface area contributed by atoms with Crippen LogP contribution in [0, 0.1) is 6.92 Å². The first-order valence-electron chi connectivity index (χ1n) is 10.3. The van der Waals surface area contributed by atoms with Crippen molar-refractivity contribution < 1.29 is 9.84 Å². The molecular formula is C21H35IN4O2. The molecule has 0 amide bonds. The third kappa shape index (κ3) is 6.77. The Balaban J connectivity index is 0.00000280. The van der Waals surface area contributed by atoms with Crippen molar-refractivity contribution in [3.05, 3.63) is 29.8 Å². The molecule has 2 unspecified atom stereocenters. The number of likely N-dealkylation sites (tertiary alicyclic amines) is 2. The van der Waals surface area contributed by atoms with Crippen molar-refractivity contribution in [3.63, 3.8) is 0 Å². The highest BCUT2D eigenvalue weighted by molar-refractivity contribution is 14.0. The van der Waals surface area contributed by atoms with Crippen LogP contribution in [0.1, 0.15) is 31.7 Å². The highest BCUT2D eigenvalue weighted by Crippen LogP contribution is 2.20. The molecule has 0 aromatic heterocycles. The molecule has 2 aliphatic heterocycles. The van der Waals surface area contributed by atoms with E-state index in [0.717, 1.165) is 36.9 Å². The van der Waals surface area contributed by atoms with Crippen molar-refractivity contribution >= 4 is 29.9 Å². The van der Waals surface area contributed by atoms with Gasteiger partial charge in [0.15, 0.2) is 5.96 Å². The van der Waals surface area contributed by atoms with E-state index in [1.54, 1.807) is 0 Å². The summed E-state index contributed by atoms with van der Waals surface area (Å²) >= 11 is 0. The van der Waals surface area contributed by atoms with Gasteiger partial charge >= 0.3 is 0 Å². The molecule has 0 radical (unpaired) electrons. The summed E-state index contributed by atoms with van der Waals surface area (Å²) in [7, 11) is 0. The maximum Gasteiger partial charge on any atom is 0.194 e. The standard InChI is InChI=1S/C21H34N4O2.HI/c1-3-22-21(25-12-9-18(15-25)24-10-4-5-11-24)23-14-19(26)16-27-20-8-6-7-17(2)13-20;/h6-8,13,18-19,26H,3-5,9-12,14-16H2,1-2H3,(H,22,23);1H. The van der Waals surface area contributed by atoms with Gasteiger partial charge in [-0.25, -0.2) is 0 Å². The van der Waals surface area contributed by atoms with Crippen molar-refractivity contribution in [2.75, 3.05) is 45.9 Å². The van der Waals surface area contributed by atoms with Crippen LogP contribution in [-0.4, -0.2) is 78.9 Å². The van der Waals surface area contributed by atoms with Crippen LogP contribution < -0.4 is 10.1 Å². The normalized spacial score (nSPS) is 21.5. The molecule has 2 saturated heterocycles. The summed E-state index contributed by atoms with van der Waals surface area (Å²) in [6.45, 7) is 10.1. The van der Waals surface area contributed by atoms with Crippen molar-refractivity contribution in [2.45, 2.75) is 45.3 Å². The Kier molecular flexibility index (Phi) is 9.81. The van der Waals surface area contributed by atoms with Gasteiger partial charge in [0, 0.05) is 25.7 Å². The van der Waals surface area contributed by atoms with E-state index in [1.807, 2.05) is 31.2 Å². The second-order valence-electron chi connectivity index (χ2n) is 7.61. The Morgan fingerprint density at radius 2 is 2.11 bits per heavy atom. The second-order valence-corrected chi connectivity index (χ2v) is 7.61. The topological polar surface area (TPSA) is 60.3 Å². The number of guanidine groups is 1. The van der Waals surface area contributed by atoms with Gasteiger partial charge in [0.1, 0.15) is 18.5 Å². The van der Waals surface area contributed by atoms with Crippen LogP contribution in [0.2, 0.25) is 0 Å². The molecule has 2 atom stereocenters. The molecule has 1 aromatic rings. The summed E-state index contributed by atoms with van der Waals surface area (Å²) < 4.78 is 5.69. The quantitative estimate of drug-likeness (QED) is 0.341. The Bertz CT molecular complexity index is 622. The number of aliphatic imine (C=N–C) groups is 1. The van der Waals surface area contributed by atoms with Gasteiger partial charge in [-0.15, -0.1) is 24.0 Å². The zero-order valence-electron chi connectivity index (χ0n) is 17.1. The number of nitrogens with one attached hydrogen (secondary N) is 1. The van der Waals surface area contributed by atoms with Gasteiger partial charge in [-0.3, -0.25) is 9.89 Å². The third-order valence-corrected chi connectivity index (χ3v) is 5.34. The van der Waals surface area contributed by atoms with Crippen molar-refractivity contribution in [3.8, 4) is 5.75 Å². The van der Waals surface area contributed by atoms with E-state index < -0.39 is 6.10 Å². The number of hydrogen-bond acceptors (Lipinski definition) is 4. The molecular weight excluding hydrogens is 467 g/mol. The van der Waals surface area contributed by atoms with Crippen LogP contribution in [0.5, 0.6) is 5.75 Å². The Labute approximate surface area is 186 Å².